The van der Waals surface area contributed by atoms with Crippen molar-refractivity contribution in [3.05, 3.63) is 29.8 Å². The van der Waals surface area contributed by atoms with Gasteiger partial charge in [-0.05, 0) is 49.7 Å². The highest BCUT2D eigenvalue weighted by Gasteiger charge is 2.44. The first-order chi connectivity index (χ1) is 12.2. The van der Waals surface area contributed by atoms with Gasteiger partial charge in [0.25, 0.3) is 0 Å². The zero-order valence-electron chi connectivity index (χ0n) is 14.6. The predicted molar refractivity (Wildman–Crippen MR) is 94.2 cm³/mol. The van der Waals surface area contributed by atoms with Crippen molar-refractivity contribution in [1.29, 1.82) is 0 Å². The number of para-hydroxylation sites is 1. The van der Waals surface area contributed by atoms with Gasteiger partial charge in [-0.25, -0.2) is 0 Å². The smallest absolute Gasteiger partial charge is 0.245 e. The predicted octanol–water partition coefficient (Wildman–Crippen LogP) is 2.19. The molecular weight excluding hydrogens is 316 g/mol. The molecule has 1 aromatic rings. The molecule has 3 aliphatic rings. The maximum absolute atomic E-state index is 12.9. The van der Waals surface area contributed by atoms with Gasteiger partial charge < -0.3 is 15.4 Å². The molecule has 0 saturated heterocycles. The number of carbonyl (C=O) groups excluding carboxylic acids is 2. The Balaban J connectivity index is 1.41. The van der Waals surface area contributed by atoms with E-state index in [1.54, 1.807) is 0 Å². The summed E-state index contributed by atoms with van der Waals surface area (Å²) in [6, 6.07) is 7.85. The topological polar surface area (TPSA) is 67.4 Å². The number of carbonyl (C=O) groups is 2. The zero-order chi connectivity index (χ0) is 17.3. The number of rotatable bonds is 5. The molecule has 134 valence electrons. The Morgan fingerprint density at radius 3 is 2.68 bits per heavy atom. The summed E-state index contributed by atoms with van der Waals surface area (Å²) in [6.07, 6.45) is 6.53. The lowest BCUT2D eigenvalue weighted by molar-refractivity contribution is -0.136. The Morgan fingerprint density at radius 1 is 1.16 bits per heavy atom. The summed E-state index contributed by atoms with van der Waals surface area (Å²) in [6.45, 7) is 1.12. The fourth-order valence-corrected chi connectivity index (χ4v) is 3.95. The van der Waals surface area contributed by atoms with Gasteiger partial charge in [-0.15, -0.1) is 0 Å². The molecule has 2 fully saturated rings. The van der Waals surface area contributed by atoms with Crippen LogP contribution in [0.25, 0.3) is 0 Å². The number of hydrogen-bond donors (Lipinski definition) is 2. The first-order valence-electron chi connectivity index (χ1n) is 9.47. The standard InChI is InChI=1S/C20H26N2O3/c23-18(16-11-15-5-1-2-6-17(15)25-13-16)22-20(9-3-4-10-20)19(24)21-12-14-7-8-14/h1-2,5-6,14,16H,3-4,7-13H2,(H,21,24)(H,22,23). The van der Waals surface area contributed by atoms with E-state index in [0.29, 0.717) is 18.9 Å². The van der Waals surface area contributed by atoms with E-state index in [1.165, 1.54) is 12.8 Å². The molecule has 0 aromatic heterocycles. The summed E-state index contributed by atoms with van der Waals surface area (Å²) in [4.78, 5) is 25.6. The van der Waals surface area contributed by atoms with Gasteiger partial charge in [0.2, 0.25) is 11.8 Å². The highest BCUT2D eigenvalue weighted by atomic mass is 16.5. The molecule has 25 heavy (non-hydrogen) atoms. The lowest BCUT2D eigenvalue weighted by Crippen LogP contribution is -2.59. The molecule has 1 heterocycles. The lowest BCUT2D eigenvalue weighted by Gasteiger charge is -2.32. The van der Waals surface area contributed by atoms with Crippen LogP contribution in [-0.2, 0) is 16.0 Å². The van der Waals surface area contributed by atoms with Crippen LogP contribution < -0.4 is 15.4 Å². The first-order valence-corrected chi connectivity index (χ1v) is 9.47. The van der Waals surface area contributed by atoms with Gasteiger partial charge in [0.15, 0.2) is 0 Å². The molecule has 2 saturated carbocycles. The van der Waals surface area contributed by atoms with Crippen LogP contribution in [0, 0.1) is 11.8 Å². The van der Waals surface area contributed by atoms with Crippen LogP contribution in [0.2, 0.25) is 0 Å². The van der Waals surface area contributed by atoms with Gasteiger partial charge in [0, 0.05) is 6.54 Å². The maximum Gasteiger partial charge on any atom is 0.245 e. The fraction of sp³-hybridized carbons (Fsp3) is 0.600. The molecule has 2 amide bonds. The molecule has 0 radical (unpaired) electrons. The third-order valence-electron chi connectivity index (χ3n) is 5.75. The van der Waals surface area contributed by atoms with Crippen molar-refractivity contribution in [3.63, 3.8) is 0 Å². The van der Waals surface area contributed by atoms with E-state index in [2.05, 4.69) is 10.6 Å². The minimum Gasteiger partial charge on any atom is -0.492 e. The molecular formula is C20H26N2O3. The average Bonchev–Trinajstić information content (AvgIpc) is 3.36. The molecule has 1 aromatic carbocycles. The average molecular weight is 342 g/mol. The number of hydrogen-bond acceptors (Lipinski definition) is 3. The number of nitrogens with one attached hydrogen (secondary N) is 2. The van der Waals surface area contributed by atoms with Crippen molar-refractivity contribution in [1.82, 2.24) is 10.6 Å². The number of fused-ring (bicyclic) bond motifs is 1. The molecule has 5 nitrogen and oxygen atoms in total. The largest absolute Gasteiger partial charge is 0.492 e. The minimum absolute atomic E-state index is 0.00220. The maximum atomic E-state index is 12.9. The van der Waals surface area contributed by atoms with Crippen molar-refractivity contribution in [3.8, 4) is 5.75 Å². The SMILES string of the molecule is O=C(NC1(C(=O)NCC2CC2)CCCC1)C1COc2ccccc2C1. The second-order valence-electron chi connectivity index (χ2n) is 7.75. The van der Waals surface area contributed by atoms with Crippen molar-refractivity contribution >= 4 is 11.8 Å². The molecule has 4 rings (SSSR count). The number of amides is 2. The van der Waals surface area contributed by atoms with Crippen molar-refractivity contribution in [2.45, 2.75) is 50.5 Å². The summed E-state index contributed by atoms with van der Waals surface area (Å²) in [5.74, 6) is 1.22. The van der Waals surface area contributed by atoms with Gasteiger partial charge in [-0.2, -0.15) is 0 Å². The van der Waals surface area contributed by atoms with Crippen LogP contribution in [0.4, 0.5) is 0 Å². The summed E-state index contributed by atoms with van der Waals surface area (Å²) in [7, 11) is 0. The Hall–Kier alpha value is -2.04. The second kappa shape index (κ2) is 6.70. The van der Waals surface area contributed by atoms with Gasteiger partial charge in [0.1, 0.15) is 17.9 Å². The van der Waals surface area contributed by atoms with Crippen LogP contribution in [0.15, 0.2) is 24.3 Å². The number of benzene rings is 1. The normalized spacial score (nSPS) is 24.1. The van der Waals surface area contributed by atoms with E-state index in [4.69, 9.17) is 4.74 Å². The van der Waals surface area contributed by atoms with Crippen molar-refractivity contribution in [2.75, 3.05) is 13.2 Å². The zero-order valence-corrected chi connectivity index (χ0v) is 14.6. The molecule has 1 aliphatic heterocycles. The monoisotopic (exact) mass is 342 g/mol. The number of ether oxygens (including phenoxy) is 1. The molecule has 5 heteroatoms. The Kier molecular flexibility index (Phi) is 4.40. The third kappa shape index (κ3) is 3.51. The highest BCUT2D eigenvalue weighted by Crippen LogP contribution is 2.33. The summed E-state index contributed by atoms with van der Waals surface area (Å²) >= 11 is 0. The third-order valence-corrected chi connectivity index (χ3v) is 5.75. The molecule has 1 atom stereocenters. The Labute approximate surface area is 148 Å². The van der Waals surface area contributed by atoms with E-state index in [-0.39, 0.29) is 17.7 Å². The van der Waals surface area contributed by atoms with Gasteiger partial charge in [-0.3, -0.25) is 9.59 Å². The lowest BCUT2D eigenvalue weighted by atomic mass is 9.91. The van der Waals surface area contributed by atoms with Crippen molar-refractivity contribution in [2.24, 2.45) is 11.8 Å². The van der Waals surface area contributed by atoms with E-state index in [1.807, 2.05) is 24.3 Å². The van der Waals surface area contributed by atoms with Crippen LogP contribution >= 0.6 is 0 Å². The first kappa shape index (κ1) is 16.4. The van der Waals surface area contributed by atoms with Gasteiger partial charge in [0.05, 0.1) is 5.92 Å². The summed E-state index contributed by atoms with van der Waals surface area (Å²) < 4.78 is 5.74. The Bertz CT molecular complexity index is 663. The van der Waals surface area contributed by atoms with Gasteiger partial charge >= 0.3 is 0 Å². The Morgan fingerprint density at radius 2 is 1.92 bits per heavy atom. The van der Waals surface area contributed by atoms with Gasteiger partial charge in [-0.1, -0.05) is 31.0 Å². The summed E-state index contributed by atoms with van der Waals surface area (Å²) in [5.41, 5.74) is 0.343. The highest BCUT2D eigenvalue weighted by molar-refractivity contribution is 5.92. The molecule has 0 spiro atoms. The summed E-state index contributed by atoms with van der Waals surface area (Å²) in [5, 5.41) is 6.17. The van der Waals surface area contributed by atoms with Crippen LogP contribution in [0.1, 0.15) is 44.1 Å². The van der Waals surface area contributed by atoms with Crippen LogP contribution in [0.5, 0.6) is 5.75 Å². The van der Waals surface area contributed by atoms with E-state index in [0.717, 1.165) is 43.5 Å². The molecule has 2 N–H and O–H groups in total. The van der Waals surface area contributed by atoms with Crippen LogP contribution in [-0.4, -0.2) is 30.5 Å². The quantitative estimate of drug-likeness (QED) is 0.862. The van der Waals surface area contributed by atoms with E-state index < -0.39 is 5.54 Å². The molecule has 0 bridgehead atoms. The van der Waals surface area contributed by atoms with E-state index in [9.17, 15) is 9.59 Å². The molecule has 1 unspecified atom stereocenters. The van der Waals surface area contributed by atoms with Crippen molar-refractivity contribution < 1.29 is 14.3 Å². The van der Waals surface area contributed by atoms with E-state index >= 15 is 0 Å². The minimum atomic E-state index is -0.719. The van der Waals surface area contributed by atoms with Crippen LogP contribution in [0.3, 0.4) is 0 Å². The second-order valence-corrected chi connectivity index (χ2v) is 7.75. The molecule has 2 aliphatic carbocycles. The fourth-order valence-electron chi connectivity index (χ4n) is 3.95.